The molecule has 0 saturated carbocycles. The molecule has 2 rings (SSSR count). The molecule has 0 fully saturated rings. The van der Waals surface area contributed by atoms with E-state index in [1.54, 1.807) is 0 Å². The van der Waals surface area contributed by atoms with E-state index in [-0.39, 0.29) is 0 Å². The van der Waals surface area contributed by atoms with Gasteiger partial charge in [-0.15, -0.1) is 0 Å². The number of benzene rings is 1. The number of likely N-dealkylation sites (N-methyl/N-ethyl adjacent to an activating group) is 1. The van der Waals surface area contributed by atoms with Gasteiger partial charge in [0, 0.05) is 6.20 Å². The average molecular weight is 229 g/mol. The van der Waals surface area contributed by atoms with Gasteiger partial charge in [0.2, 0.25) is 0 Å². The number of hydrogen-bond acceptors (Lipinski definition) is 2. The first-order valence-corrected chi connectivity index (χ1v) is 5.93. The Hall–Kier alpha value is -1.61. The van der Waals surface area contributed by atoms with E-state index in [1.807, 2.05) is 30.9 Å². The number of aromatic nitrogens is 2. The number of hydrogen-bond donors (Lipinski definition) is 1. The molecule has 0 aliphatic rings. The fraction of sp³-hybridized carbons (Fsp3) is 0.357. The number of nitrogens with one attached hydrogen (secondary N) is 1. The lowest BCUT2D eigenvalue weighted by atomic mass is 10.1. The van der Waals surface area contributed by atoms with Crippen LogP contribution in [0.15, 0.2) is 36.5 Å². The van der Waals surface area contributed by atoms with E-state index >= 15 is 0 Å². The smallest absolute Gasteiger partial charge is 0.0604 e. The SMILES string of the molecule is CNC(Cn1ccc(C)n1)c1ccc(C)cc1. The maximum Gasteiger partial charge on any atom is 0.0604 e. The molecule has 0 radical (unpaired) electrons. The molecule has 1 N–H and O–H groups in total. The topological polar surface area (TPSA) is 29.9 Å². The minimum atomic E-state index is 0.301. The Morgan fingerprint density at radius 1 is 1.18 bits per heavy atom. The summed E-state index contributed by atoms with van der Waals surface area (Å²) in [4.78, 5) is 0. The first-order chi connectivity index (χ1) is 8.19. The quantitative estimate of drug-likeness (QED) is 0.872. The fourth-order valence-electron chi connectivity index (χ4n) is 1.91. The summed E-state index contributed by atoms with van der Waals surface area (Å²) in [5, 5.41) is 7.75. The van der Waals surface area contributed by atoms with Crippen LogP contribution in [0, 0.1) is 13.8 Å². The van der Waals surface area contributed by atoms with Crippen LogP contribution in [-0.2, 0) is 6.54 Å². The maximum absolute atomic E-state index is 4.42. The molecule has 0 spiro atoms. The summed E-state index contributed by atoms with van der Waals surface area (Å²) in [5.41, 5.74) is 3.65. The highest BCUT2D eigenvalue weighted by atomic mass is 15.3. The highest BCUT2D eigenvalue weighted by molar-refractivity contribution is 5.24. The molecule has 1 atom stereocenters. The fourth-order valence-corrected chi connectivity index (χ4v) is 1.91. The zero-order valence-electron chi connectivity index (χ0n) is 10.6. The number of nitrogens with zero attached hydrogens (tertiary/aromatic N) is 2. The molecule has 1 heterocycles. The molecule has 0 aliphatic carbocycles. The third-order valence-electron chi connectivity index (χ3n) is 2.97. The first-order valence-electron chi connectivity index (χ1n) is 5.93. The van der Waals surface area contributed by atoms with Crippen LogP contribution < -0.4 is 5.32 Å². The first kappa shape index (κ1) is 11.9. The van der Waals surface area contributed by atoms with Crippen LogP contribution in [0.4, 0.5) is 0 Å². The monoisotopic (exact) mass is 229 g/mol. The third kappa shape index (κ3) is 2.94. The maximum atomic E-state index is 4.42. The van der Waals surface area contributed by atoms with Gasteiger partial charge < -0.3 is 5.32 Å². The largest absolute Gasteiger partial charge is 0.311 e. The lowest BCUT2D eigenvalue weighted by molar-refractivity contribution is 0.467. The molecule has 0 saturated heterocycles. The van der Waals surface area contributed by atoms with Crippen LogP contribution in [0.3, 0.4) is 0 Å². The summed E-state index contributed by atoms with van der Waals surface area (Å²) in [6.45, 7) is 4.97. The van der Waals surface area contributed by atoms with Crippen molar-refractivity contribution in [3.63, 3.8) is 0 Å². The normalized spacial score (nSPS) is 12.6. The van der Waals surface area contributed by atoms with E-state index < -0.39 is 0 Å². The minimum absolute atomic E-state index is 0.301. The second-order valence-electron chi connectivity index (χ2n) is 4.43. The van der Waals surface area contributed by atoms with Crippen molar-refractivity contribution in [2.24, 2.45) is 0 Å². The van der Waals surface area contributed by atoms with Gasteiger partial charge in [0.05, 0.1) is 18.3 Å². The molecular weight excluding hydrogens is 210 g/mol. The molecular formula is C14H19N3. The summed E-state index contributed by atoms with van der Waals surface area (Å²) >= 11 is 0. The van der Waals surface area contributed by atoms with Crippen LogP contribution in [-0.4, -0.2) is 16.8 Å². The Kier molecular flexibility index (Phi) is 3.59. The molecule has 3 nitrogen and oxygen atoms in total. The van der Waals surface area contributed by atoms with E-state index in [9.17, 15) is 0 Å². The van der Waals surface area contributed by atoms with Gasteiger partial charge in [0.25, 0.3) is 0 Å². The summed E-state index contributed by atoms with van der Waals surface area (Å²) in [5.74, 6) is 0. The standard InChI is InChI=1S/C14H19N3/c1-11-4-6-13(7-5-11)14(15-3)10-17-9-8-12(2)16-17/h4-9,14-15H,10H2,1-3H3. The molecule has 0 aliphatic heterocycles. The van der Waals surface area contributed by atoms with Crippen molar-refractivity contribution in [1.82, 2.24) is 15.1 Å². The van der Waals surface area contributed by atoms with E-state index in [4.69, 9.17) is 0 Å². The van der Waals surface area contributed by atoms with E-state index in [1.165, 1.54) is 11.1 Å². The van der Waals surface area contributed by atoms with Crippen LogP contribution in [0.2, 0.25) is 0 Å². The predicted molar refractivity (Wildman–Crippen MR) is 69.9 cm³/mol. The Labute approximate surface area is 102 Å². The zero-order chi connectivity index (χ0) is 12.3. The molecule has 0 bridgehead atoms. The van der Waals surface area contributed by atoms with Crippen LogP contribution in [0.1, 0.15) is 22.9 Å². The van der Waals surface area contributed by atoms with Crippen molar-refractivity contribution in [2.75, 3.05) is 7.05 Å². The van der Waals surface area contributed by atoms with E-state index in [2.05, 4.69) is 41.6 Å². The van der Waals surface area contributed by atoms with Gasteiger partial charge in [-0.1, -0.05) is 29.8 Å². The molecule has 90 valence electrons. The lowest BCUT2D eigenvalue weighted by Gasteiger charge is -2.16. The lowest BCUT2D eigenvalue weighted by Crippen LogP contribution is -2.22. The summed E-state index contributed by atoms with van der Waals surface area (Å²) in [6.07, 6.45) is 2.02. The molecule has 3 heteroatoms. The number of rotatable bonds is 4. The summed E-state index contributed by atoms with van der Waals surface area (Å²) < 4.78 is 1.98. The van der Waals surface area contributed by atoms with Crippen molar-refractivity contribution in [2.45, 2.75) is 26.4 Å². The molecule has 0 amide bonds. The molecule has 2 aromatic rings. The van der Waals surface area contributed by atoms with Crippen molar-refractivity contribution in [1.29, 1.82) is 0 Å². The van der Waals surface area contributed by atoms with Crippen LogP contribution in [0.5, 0.6) is 0 Å². The van der Waals surface area contributed by atoms with Crippen molar-refractivity contribution >= 4 is 0 Å². The molecule has 1 unspecified atom stereocenters. The predicted octanol–water partition coefficient (Wildman–Crippen LogP) is 2.46. The second-order valence-corrected chi connectivity index (χ2v) is 4.43. The van der Waals surface area contributed by atoms with Gasteiger partial charge in [-0.3, -0.25) is 4.68 Å². The van der Waals surface area contributed by atoms with Crippen molar-refractivity contribution in [3.8, 4) is 0 Å². The zero-order valence-corrected chi connectivity index (χ0v) is 10.6. The van der Waals surface area contributed by atoms with Crippen LogP contribution >= 0.6 is 0 Å². The van der Waals surface area contributed by atoms with Crippen molar-refractivity contribution in [3.05, 3.63) is 53.3 Å². The van der Waals surface area contributed by atoms with Crippen LogP contribution in [0.25, 0.3) is 0 Å². The second kappa shape index (κ2) is 5.15. The van der Waals surface area contributed by atoms with Gasteiger partial charge in [-0.05, 0) is 32.5 Å². The van der Waals surface area contributed by atoms with Gasteiger partial charge in [0.1, 0.15) is 0 Å². The Morgan fingerprint density at radius 2 is 1.88 bits per heavy atom. The molecule has 17 heavy (non-hydrogen) atoms. The van der Waals surface area contributed by atoms with Gasteiger partial charge >= 0.3 is 0 Å². The van der Waals surface area contributed by atoms with Gasteiger partial charge in [0.15, 0.2) is 0 Å². The Morgan fingerprint density at radius 3 is 2.41 bits per heavy atom. The summed E-state index contributed by atoms with van der Waals surface area (Å²) in [6, 6.07) is 11.0. The van der Waals surface area contributed by atoms with Crippen molar-refractivity contribution < 1.29 is 0 Å². The van der Waals surface area contributed by atoms with Gasteiger partial charge in [-0.2, -0.15) is 5.10 Å². The molecule has 1 aromatic heterocycles. The summed E-state index contributed by atoms with van der Waals surface area (Å²) in [7, 11) is 1.99. The Balaban J connectivity index is 2.13. The van der Waals surface area contributed by atoms with E-state index in [0.717, 1.165) is 12.2 Å². The number of aryl methyl sites for hydroxylation is 2. The third-order valence-corrected chi connectivity index (χ3v) is 2.97. The highest BCUT2D eigenvalue weighted by Crippen LogP contribution is 2.15. The molecule has 1 aromatic carbocycles. The average Bonchev–Trinajstić information content (AvgIpc) is 2.73. The Bertz CT molecular complexity index is 470. The highest BCUT2D eigenvalue weighted by Gasteiger charge is 2.09. The minimum Gasteiger partial charge on any atom is -0.311 e. The van der Waals surface area contributed by atoms with E-state index in [0.29, 0.717) is 6.04 Å². The van der Waals surface area contributed by atoms with Gasteiger partial charge in [-0.25, -0.2) is 0 Å².